The van der Waals surface area contributed by atoms with Gasteiger partial charge in [0, 0.05) is 11.6 Å². The van der Waals surface area contributed by atoms with Gasteiger partial charge in [-0.1, -0.05) is 12.1 Å². The van der Waals surface area contributed by atoms with Gasteiger partial charge >= 0.3 is 0 Å². The van der Waals surface area contributed by atoms with Crippen molar-refractivity contribution in [2.45, 2.75) is 0 Å². The smallest absolute Gasteiger partial charge is 0.133 e. The fourth-order valence-electron chi connectivity index (χ4n) is 1.62. The van der Waals surface area contributed by atoms with E-state index in [2.05, 4.69) is 0 Å². The van der Waals surface area contributed by atoms with E-state index >= 15 is 0 Å². The molecule has 0 atom stereocenters. The van der Waals surface area contributed by atoms with Gasteiger partial charge in [0.1, 0.15) is 24.0 Å². The topological polar surface area (TPSA) is 29.5 Å². The highest BCUT2D eigenvalue weighted by molar-refractivity contribution is 5.64. The molecule has 94 valence electrons. The number of ether oxygens (including phenoxy) is 1. The van der Waals surface area contributed by atoms with E-state index in [1.807, 2.05) is 0 Å². The lowest BCUT2D eigenvalue weighted by Gasteiger charge is -2.06. The second-order valence-corrected chi connectivity index (χ2v) is 3.72. The predicted molar refractivity (Wildman–Crippen MR) is 64.4 cm³/mol. The summed E-state index contributed by atoms with van der Waals surface area (Å²) in [6.45, 7) is 0.151. The molecule has 0 aromatic heterocycles. The summed E-state index contributed by atoms with van der Waals surface area (Å²) in [6, 6.07) is 10.2. The Morgan fingerprint density at radius 3 is 2.33 bits per heavy atom. The van der Waals surface area contributed by atoms with Crippen molar-refractivity contribution >= 4 is 0 Å². The van der Waals surface area contributed by atoms with Crippen molar-refractivity contribution in [3.05, 3.63) is 54.1 Å². The Morgan fingerprint density at radius 2 is 1.72 bits per heavy atom. The molecule has 0 aliphatic heterocycles. The van der Waals surface area contributed by atoms with Gasteiger partial charge in [0.05, 0.1) is 6.61 Å². The second-order valence-electron chi connectivity index (χ2n) is 3.72. The van der Waals surface area contributed by atoms with Crippen molar-refractivity contribution in [1.82, 2.24) is 0 Å². The molecule has 0 saturated carbocycles. The molecule has 2 aromatic rings. The summed E-state index contributed by atoms with van der Waals surface area (Å²) >= 11 is 0. The van der Waals surface area contributed by atoms with E-state index in [-0.39, 0.29) is 13.2 Å². The second kappa shape index (κ2) is 5.60. The molecule has 0 amide bonds. The normalized spacial score (nSPS) is 10.4. The molecule has 0 heterocycles. The zero-order valence-corrected chi connectivity index (χ0v) is 9.57. The van der Waals surface area contributed by atoms with Crippen LogP contribution in [-0.2, 0) is 0 Å². The number of aliphatic hydroxyl groups excluding tert-OH is 1. The average molecular weight is 250 g/mol. The molecule has 2 nitrogen and oxygen atoms in total. The van der Waals surface area contributed by atoms with Crippen LogP contribution in [0.2, 0.25) is 0 Å². The van der Waals surface area contributed by atoms with E-state index in [0.29, 0.717) is 16.9 Å². The summed E-state index contributed by atoms with van der Waals surface area (Å²) in [5, 5.41) is 8.61. The number of aliphatic hydroxyl groups is 1. The lowest BCUT2D eigenvalue weighted by atomic mass is 10.1. The molecule has 1 N–H and O–H groups in total. The van der Waals surface area contributed by atoms with Crippen LogP contribution in [-0.4, -0.2) is 18.3 Å². The van der Waals surface area contributed by atoms with Gasteiger partial charge in [-0.15, -0.1) is 0 Å². The predicted octanol–water partition coefficient (Wildman–Crippen LogP) is 3.00. The third kappa shape index (κ3) is 2.84. The highest BCUT2D eigenvalue weighted by atomic mass is 19.1. The van der Waals surface area contributed by atoms with Crippen LogP contribution in [0.3, 0.4) is 0 Å². The first kappa shape index (κ1) is 12.5. The van der Waals surface area contributed by atoms with E-state index < -0.39 is 11.6 Å². The molecule has 0 spiro atoms. The molecule has 0 bridgehead atoms. The van der Waals surface area contributed by atoms with Crippen LogP contribution in [0.25, 0.3) is 11.1 Å². The van der Waals surface area contributed by atoms with Gasteiger partial charge in [-0.05, 0) is 29.8 Å². The number of rotatable bonds is 4. The molecule has 0 fully saturated rings. The Bertz CT molecular complexity index is 524. The van der Waals surface area contributed by atoms with Crippen molar-refractivity contribution in [1.29, 1.82) is 0 Å². The fourth-order valence-corrected chi connectivity index (χ4v) is 1.62. The first-order valence-corrected chi connectivity index (χ1v) is 5.50. The summed E-state index contributed by atoms with van der Waals surface area (Å²) in [6.07, 6.45) is 0. The van der Waals surface area contributed by atoms with E-state index in [1.54, 1.807) is 24.3 Å². The minimum absolute atomic E-state index is 0.0612. The van der Waals surface area contributed by atoms with Crippen LogP contribution < -0.4 is 4.74 Å². The fraction of sp³-hybridized carbons (Fsp3) is 0.143. The van der Waals surface area contributed by atoms with Gasteiger partial charge in [-0.25, -0.2) is 8.78 Å². The van der Waals surface area contributed by atoms with Crippen LogP contribution in [0.4, 0.5) is 8.78 Å². The summed E-state index contributed by atoms with van der Waals surface area (Å²) in [5.41, 5.74) is 0.981. The molecule has 0 aliphatic rings. The maximum Gasteiger partial charge on any atom is 0.133 e. The Hall–Kier alpha value is -1.94. The molecule has 0 aliphatic carbocycles. The molecule has 2 rings (SSSR count). The van der Waals surface area contributed by atoms with Crippen molar-refractivity contribution in [3.63, 3.8) is 0 Å². The minimum Gasteiger partial charge on any atom is -0.491 e. The maximum atomic E-state index is 13.5. The Morgan fingerprint density at radius 1 is 1.00 bits per heavy atom. The highest BCUT2D eigenvalue weighted by Gasteiger charge is 2.06. The van der Waals surface area contributed by atoms with E-state index in [4.69, 9.17) is 9.84 Å². The number of halogens is 2. The van der Waals surface area contributed by atoms with Crippen molar-refractivity contribution in [3.8, 4) is 16.9 Å². The van der Waals surface area contributed by atoms with Crippen molar-refractivity contribution in [2.24, 2.45) is 0 Å². The van der Waals surface area contributed by atoms with Crippen LogP contribution >= 0.6 is 0 Å². The van der Waals surface area contributed by atoms with Crippen LogP contribution in [0.15, 0.2) is 42.5 Å². The summed E-state index contributed by atoms with van der Waals surface area (Å²) < 4.78 is 31.5. The average Bonchev–Trinajstić information content (AvgIpc) is 2.37. The third-order valence-electron chi connectivity index (χ3n) is 2.46. The molecule has 0 saturated heterocycles. The SMILES string of the molecule is OCCOc1ccc(-c2ccc(F)cc2F)cc1. The van der Waals surface area contributed by atoms with Crippen molar-refractivity contribution in [2.75, 3.05) is 13.2 Å². The first-order valence-electron chi connectivity index (χ1n) is 5.50. The zero-order chi connectivity index (χ0) is 13.0. The molecule has 18 heavy (non-hydrogen) atoms. The highest BCUT2D eigenvalue weighted by Crippen LogP contribution is 2.25. The summed E-state index contributed by atoms with van der Waals surface area (Å²) in [5.74, 6) is -0.603. The van der Waals surface area contributed by atoms with Gasteiger partial charge in [0.15, 0.2) is 0 Å². The molecule has 4 heteroatoms. The van der Waals surface area contributed by atoms with Crippen molar-refractivity contribution < 1.29 is 18.6 Å². The summed E-state index contributed by atoms with van der Waals surface area (Å²) in [4.78, 5) is 0. The maximum absolute atomic E-state index is 13.5. The molecule has 2 aromatic carbocycles. The molecule has 0 unspecified atom stereocenters. The zero-order valence-electron chi connectivity index (χ0n) is 9.57. The number of hydrogen-bond acceptors (Lipinski definition) is 2. The Balaban J connectivity index is 2.23. The van der Waals surface area contributed by atoms with Gasteiger partial charge in [-0.3, -0.25) is 0 Å². The molecular formula is C14H12F2O2. The standard InChI is InChI=1S/C14H12F2O2/c15-11-3-6-13(14(16)9-11)10-1-4-12(5-2-10)18-8-7-17/h1-6,9,17H,7-8H2. The number of benzene rings is 2. The largest absolute Gasteiger partial charge is 0.491 e. The first-order chi connectivity index (χ1) is 8.70. The van der Waals surface area contributed by atoms with Gasteiger partial charge in [-0.2, -0.15) is 0 Å². The van der Waals surface area contributed by atoms with Crippen LogP contribution in [0.1, 0.15) is 0 Å². The quantitative estimate of drug-likeness (QED) is 0.903. The number of hydrogen-bond donors (Lipinski definition) is 1. The van der Waals surface area contributed by atoms with E-state index in [0.717, 1.165) is 6.07 Å². The van der Waals surface area contributed by atoms with Gasteiger partial charge in [0.25, 0.3) is 0 Å². The minimum atomic E-state index is -0.598. The van der Waals surface area contributed by atoms with Gasteiger partial charge < -0.3 is 9.84 Å². The van der Waals surface area contributed by atoms with Gasteiger partial charge in [0.2, 0.25) is 0 Å². The molecule has 0 radical (unpaired) electrons. The van der Waals surface area contributed by atoms with E-state index in [9.17, 15) is 8.78 Å². The summed E-state index contributed by atoms with van der Waals surface area (Å²) in [7, 11) is 0. The lowest BCUT2D eigenvalue weighted by molar-refractivity contribution is 0.201. The Labute approximate surface area is 103 Å². The third-order valence-corrected chi connectivity index (χ3v) is 2.46. The Kier molecular flexibility index (Phi) is 3.89. The lowest BCUT2D eigenvalue weighted by Crippen LogP contribution is -2.01. The molecular weight excluding hydrogens is 238 g/mol. The van der Waals surface area contributed by atoms with Crippen LogP contribution in [0.5, 0.6) is 5.75 Å². The monoisotopic (exact) mass is 250 g/mol. The van der Waals surface area contributed by atoms with Crippen LogP contribution in [0, 0.1) is 11.6 Å². The van der Waals surface area contributed by atoms with E-state index in [1.165, 1.54) is 12.1 Å².